The second kappa shape index (κ2) is 7.06. The quantitative estimate of drug-likeness (QED) is 0.747. The van der Waals surface area contributed by atoms with Crippen LogP contribution in [0.3, 0.4) is 0 Å². The third-order valence-corrected chi connectivity index (χ3v) is 3.51. The molecule has 0 bridgehead atoms. The molecule has 0 fully saturated rings. The van der Waals surface area contributed by atoms with Gasteiger partial charge in [-0.3, -0.25) is 0 Å². The maximum absolute atomic E-state index is 8.92. The third kappa shape index (κ3) is 3.50. The molecule has 98 valence electrons. The summed E-state index contributed by atoms with van der Waals surface area (Å²) in [7, 11) is 0. The summed E-state index contributed by atoms with van der Waals surface area (Å²) in [6.45, 7) is 9.91. The Bertz CT molecular complexity index is 418. The van der Waals surface area contributed by atoms with Crippen LogP contribution in [0.2, 0.25) is 0 Å². The summed E-state index contributed by atoms with van der Waals surface area (Å²) in [5, 5.41) is 8.92. The maximum atomic E-state index is 8.92. The second-order valence-electron chi connectivity index (χ2n) is 4.92. The van der Waals surface area contributed by atoms with E-state index < -0.39 is 0 Å². The number of anilines is 1. The average Bonchev–Trinajstić information content (AvgIpc) is 2.39. The van der Waals surface area contributed by atoms with E-state index in [1.54, 1.807) is 0 Å². The Balaban J connectivity index is 3.01. The van der Waals surface area contributed by atoms with Crippen LogP contribution in [-0.4, -0.2) is 12.6 Å². The van der Waals surface area contributed by atoms with E-state index in [4.69, 9.17) is 5.26 Å². The van der Waals surface area contributed by atoms with Crippen molar-refractivity contribution >= 4 is 5.69 Å². The number of unbranched alkanes of at least 4 members (excludes halogenated alkanes) is 1. The lowest BCUT2D eigenvalue weighted by Gasteiger charge is -2.32. The summed E-state index contributed by atoms with van der Waals surface area (Å²) >= 11 is 0. The fourth-order valence-corrected chi connectivity index (χ4v) is 2.17. The number of hydrogen-bond donors (Lipinski definition) is 0. The zero-order valence-electron chi connectivity index (χ0n) is 12.0. The van der Waals surface area contributed by atoms with Gasteiger partial charge in [0.1, 0.15) is 0 Å². The van der Waals surface area contributed by atoms with E-state index in [0.717, 1.165) is 18.5 Å². The van der Waals surface area contributed by atoms with Crippen LogP contribution in [0.5, 0.6) is 0 Å². The summed E-state index contributed by atoms with van der Waals surface area (Å²) in [5.41, 5.74) is 3.22. The van der Waals surface area contributed by atoms with Gasteiger partial charge in [0.2, 0.25) is 0 Å². The van der Waals surface area contributed by atoms with Crippen molar-refractivity contribution in [1.82, 2.24) is 0 Å². The Morgan fingerprint density at radius 1 is 1.33 bits per heavy atom. The van der Waals surface area contributed by atoms with E-state index >= 15 is 0 Å². The summed E-state index contributed by atoms with van der Waals surface area (Å²) in [4.78, 5) is 2.47. The summed E-state index contributed by atoms with van der Waals surface area (Å²) < 4.78 is 0. The highest BCUT2D eigenvalue weighted by Crippen LogP contribution is 2.24. The molecule has 1 aromatic carbocycles. The van der Waals surface area contributed by atoms with Gasteiger partial charge in [0.25, 0.3) is 0 Å². The number of nitrogens with zero attached hydrogens (tertiary/aromatic N) is 2. The molecule has 2 nitrogen and oxygen atoms in total. The summed E-state index contributed by atoms with van der Waals surface area (Å²) in [6, 6.07) is 8.74. The van der Waals surface area contributed by atoms with Gasteiger partial charge < -0.3 is 4.90 Å². The third-order valence-electron chi connectivity index (χ3n) is 3.51. The van der Waals surface area contributed by atoms with E-state index in [9.17, 15) is 0 Å². The number of aryl methyl sites for hydroxylation is 1. The van der Waals surface area contributed by atoms with Crippen LogP contribution in [0.15, 0.2) is 18.2 Å². The van der Waals surface area contributed by atoms with Crippen LogP contribution in [0.4, 0.5) is 5.69 Å². The zero-order chi connectivity index (χ0) is 13.5. The number of rotatable bonds is 6. The van der Waals surface area contributed by atoms with Gasteiger partial charge in [-0.1, -0.05) is 20.3 Å². The number of nitriles is 1. The molecule has 18 heavy (non-hydrogen) atoms. The Morgan fingerprint density at radius 3 is 2.56 bits per heavy atom. The fraction of sp³-hybridized carbons (Fsp3) is 0.562. The molecule has 0 aliphatic carbocycles. The van der Waals surface area contributed by atoms with Gasteiger partial charge in [-0.15, -0.1) is 0 Å². The minimum Gasteiger partial charge on any atom is -0.369 e. The molecular formula is C16H24N2. The van der Waals surface area contributed by atoms with Gasteiger partial charge in [-0.2, -0.15) is 5.26 Å². The maximum Gasteiger partial charge on any atom is 0.0991 e. The zero-order valence-corrected chi connectivity index (χ0v) is 12.0. The van der Waals surface area contributed by atoms with Crippen molar-refractivity contribution in [2.45, 2.75) is 53.0 Å². The van der Waals surface area contributed by atoms with Crippen molar-refractivity contribution < 1.29 is 0 Å². The van der Waals surface area contributed by atoms with E-state index in [2.05, 4.69) is 44.7 Å². The molecule has 0 N–H and O–H groups in total. The minimum absolute atomic E-state index is 0.545. The smallest absolute Gasteiger partial charge is 0.0991 e. The normalized spacial score (nSPS) is 11.9. The molecule has 0 spiro atoms. The van der Waals surface area contributed by atoms with Crippen LogP contribution < -0.4 is 4.90 Å². The van der Waals surface area contributed by atoms with Crippen LogP contribution in [-0.2, 0) is 0 Å². The van der Waals surface area contributed by atoms with Gasteiger partial charge in [0, 0.05) is 18.3 Å². The first-order valence-electron chi connectivity index (χ1n) is 6.91. The van der Waals surface area contributed by atoms with Gasteiger partial charge in [-0.25, -0.2) is 0 Å². The fourth-order valence-electron chi connectivity index (χ4n) is 2.17. The predicted octanol–water partition coefficient (Wildman–Crippen LogP) is 4.27. The van der Waals surface area contributed by atoms with Gasteiger partial charge in [0.15, 0.2) is 0 Å². The Hall–Kier alpha value is -1.49. The molecule has 1 aromatic rings. The van der Waals surface area contributed by atoms with E-state index in [1.165, 1.54) is 24.1 Å². The molecule has 0 aliphatic rings. The largest absolute Gasteiger partial charge is 0.369 e. The Kier molecular flexibility index (Phi) is 5.71. The minimum atomic E-state index is 0.545. The highest BCUT2D eigenvalue weighted by molar-refractivity contribution is 5.56. The molecule has 0 heterocycles. The molecule has 0 aromatic heterocycles. The van der Waals surface area contributed by atoms with E-state index in [-0.39, 0.29) is 0 Å². The molecule has 1 rings (SSSR count). The van der Waals surface area contributed by atoms with Crippen molar-refractivity contribution in [3.63, 3.8) is 0 Å². The predicted molar refractivity (Wildman–Crippen MR) is 77.9 cm³/mol. The van der Waals surface area contributed by atoms with E-state index in [0.29, 0.717) is 6.04 Å². The van der Waals surface area contributed by atoms with Gasteiger partial charge in [0.05, 0.1) is 11.6 Å². The summed E-state index contributed by atoms with van der Waals surface area (Å²) in [5.74, 6) is 0. The molecule has 1 unspecified atom stereocenters. The molecule has 0 saturated heterocycles. The number of hydrogen-bond acceptors (Lipinski definition) is 2. The Labute approximate surface area is 111 Å². The molecule has 0 saturated carbocycles. The molecule has 0 radical (unpaired) electrons. The first-order chi connectivity index (χ1) is 8.63. The van der Waals surface area contributed by atoms with Crippen LogP contribution in [0.1, 0.15) is 51.2 Å². The SMILES string of the molecule is CCCCN(c1ccc(C#N)cc1C)C(C)CC. The Morgan fingerprint density at radius 2 is 2.06 bits per heavy atom. The lowest BCUT2D eigenvalue weighted by molar-refractivity contribution is 0.594. The summed E-state index contributed by atoms with van der Waals surface area (Å²) in [6.07, 6.45) is 3.56. The van der Waals surface area contributed by atoms with Crippen molar-refractivity contribution in [2.75, 3.05) is 11.4 Å². The van der Waals surface area contributed by atoms with Crippen LogP contribution in [0, 0.1) is 18.3 Å². The van der Waals surface area contributed by atoms with Crippen molar-refractivity contribution in [3.8, 4) is 6.07 Å². The molecular weight excluding hydrogens is 220 g/mol. The van der Waals surface area contributed by atoms with Gasteiger partial charge >= 0.3 is 0 Å². The molecule has 0 aliphatic heterocycles. The van der Waals surface area contributed by atoms with Gasteiger partial charge in [-0.05, 0) is 50.5 Å². The highest BCUT2D eigenvalue weighted by atomic mass is 15.2. The molecule has 0 amide bonds. The lowest BCUT2D eigenvalue weighted by atomic mass is 10.1. The highest BCUT2D eigenvalue weighted by Gasteiger charge is 2.14. The van der Waals surface area contributed by atoms with Crippen LogP contribution in [0.25, 0.3) is 0 Å². The van der Waals surface area contributed by atoms with Crippen molar-refractivity contribution in [3.05, 3.63) is 29.3 Å². The second-order valence-corrected chi connectivity index (χ2v) is 4.92. The van der Waals surface area contributed by atoms with E-state index in [1.807, 2.05) is 12.1 Å². The van der Waals surface area contributed by atoms with Crippen LogP contribution >= 0.6 is 0 Å². The topological polar surface area (TPSA) is 27.0 Å². The first-order valence-corrected chi connectivity index (χ1v) is 6.91. The molecule has 2 heteroatoms. The standard InChI is InChI=1S/C16H24N2/c1-5-7-10-18(14(4)6-2)16-9-8-15(12-17)11-13(16)3/h8-9,11,14H,5-7,10H2,1-4H3. The van der Waals surface area contributed by atoms with Crippen molar-refractivity contribution in [2.24, 2.45) is 0 Å². The van der Waals surface area contributed by atoms with Crippen molar-refractivity contribution in [1.29, 1.82) is 5.26 Å². The number of benzene rings is 1. The molecule has 1 atom stereocenters. The average molecular weight is 244 g/mol. The monoisotopic (exact) mass is 244 g/mol. The lowest BCUT2D eigenvalue weighted by Crippen LogP contribution is -2.34. The first kappa shape index (κ1) is 14.6.